The van der Waals surface area contributed by atoms with Crippen molar-refractivity contribution in [2.45, 2.75) is 169 Å². The Labute approximate surface area is 233 Å². The Balaban J connectivity index is -0.000000190. The Morgan fingerprint density at radius 3 is 1.22 bits per heavy atom. The molecule has 0 aliphatic carbocycles. The van der Waals surface area contributed by atoms with Gasteiger partial charge in [0, 0.05) is 0 Å². The molecule has 220 valence electrons. The van der Waals surface area contributed by atoms with Crippen molar-refractivity contribution < 1.29 is 0 Å². The summed E-state index contributed by atoms with van der Waals surface area (Å²) in [6.07, 6.45) is 15.0. The van der Waals surface area contributed by atoms with Crippen molar-refractivity contribution in [3.8, 4) is 0 Å². The third-order valence-electron chi connectivity index (χ3n) is 6.26. The lowest BCUT2D eigenvalue weighted by Gasteiger charge is -2.24. The first-order valence-electron chi connectivity index (χ1n) is 15.5. The SMILES string of the molecule is C=CC(C)(C)CC(C)C.CC(C)=CCCC(C)C.CC(C)CCCC(C)C.CCC(C)(C)CC(C)C. The van der Waals surface area contributed by atoms with E-state index in [1.54, 1.807) is 0 Å². The molecule has 0 unspecified atom stereocenters. The van der Waals surface area contributed by atoms with Gasteiger partial charge >= 0.3 is 0 Å². The molecule has 0 amide bonds. The van der Waals surface area contributed by atoms with Gasteiger partial charge in [-0.25, -0.2) is 0 Å². The number of allylic oxidation sites excluding steroid dienone is 3. The maximum Gasteiger partial charge on any atom is -0.0175 e. The smallest absolute Gasteiger partial charge is 0.0175 e. The van der Waals surface area contributed by atoms with Gasteiger partial charge in [-0.3, -0.25) is 0 Å². The summed E-state index contributed by atoms with van der Waals surface area (Å²) in [4.78, 5) is 0. The number of rotatable bonds is 13. The monoisotopic (exact) mass is 509 g/mol. The number of hydrogen-bond acceptors (Lipinski definition) is 0. The van der Waals surface area contributed by atoms with E-state index in [2.05, 4.69) is 130 Å². The fraction of sp³-hybridized carbons (Fsp3) is 0.889. The van der Waals surface area contributed by atoms with E-state index in [4.69, 9.17) is 0 Å². The molecule has 0 aliphatic rings. The van der Waals surface area contributed by atoms with Crippen LogP contribution < -0.4 is 0 Å². The van der Waals surface area contributed by atoms with E-state index in [9.17, 15) is 0 Å². The standard InChI is InChI=1S/C9H20.C9H18.C9H20.C9H18/c2*1-8(2)6-5-7-9(3)4;2*1-6-9(4,5)7-8(2)3/h8-9H,5-7H2,1-4H3;6,9H,5,7H2,1-4H3;8H,6-7H2,1-5H3;6,8H,1,7H2,2-5H3. The van der Waals surface area contributed by atoms with Crippen LogP contribution in [0, 0.1) is 40.4 Å². The molecule has 0 heteroatoms. The fourth-order valence-corrected chi connectivity index (χ4v) is 4.02. The lowest BCUT2D eigenvalue weighted by molar-refractivity contribution is 0.277. The van der Waals surface area contributed by atoms with Crippen LogP contribution in [0.3, 0.4) is 0 Å². The molecule has 0 saturated carbocycles. The summed E-state index contributed by atoms with van der Waals surface area (Å²) in [6, 6.07) is 0. The van der Waals surface area contributed by atoms with Crippen molar-refractivity contribution in [2.24, 2.45) is 40.4 Å². The molecule has 0 heterocycles. The van der Waals surface area contributed by atoms with Crippen molar-refractivity contribution in [3.05, 3.63) is 24.3 Å². The lowest BCUT2D eigenvalue weighted by Crippen LogP contribution is -2.12. The highest BCUT2D eigenvalue weighted by Gasteiger charge is 2.16. The van der Waals surface area contributed by atoms with Crippen LogP contribution >= 0.6 is 0 Å². The van der Waals surface area contributed by atoms with E-state index in [0.717, 1.165) is 29.6 Å². The van der Waals surface area contributed by atoms with Gasteiger partial charge in [-0.1, -0.05) is 147 Å². The summed E-state index contributed by atoms with van der Waals surface area (Å²) in [5.41, 5.74) is 2.33. The van der Waals surface area contributed by atoms with Gasteiger partial charge in [-0.15, -0.1) is 6.58 Å². The maximum absolute atomic E-state index is 3.79. The van der Waals surface area contributed by atoms with Gasteiger partial charge in [0.05, 0.1) is 0 Å². The van der Waals surface area contributed by atoms with Crippen molar-refractivity contribution in [1.29, 1.82) is 0 Å². The predicted molar refractivity (Wildman–Crippen MR) is 174 cm³/mol. The Hall–Kier alpha value is -0.520. The Morgan fingerprint density at radius 1 is 0.639 bits per heavy atom. The minimum atomic E-state index is 0.328. The predicted octanol–water partition coefficient (Wildman–Crippen LogP) is 13.6. The average Bonchev–Trinajstić information content (AvgIpc) is 2.66. The van der Waals surface area contributed by atoms with Crippen molar-refractivity contribution in [1.82, 2.24) is 0 Å². The molecule has 0 saturated heterocycles. The summed E-state index contributed by atoms with van der Waals surface area (Å²) < 4.78 is 0. The summed E-state index contributed by atoms with van der Waals surface area (Å²) in [5.74, 6) is 4.26. The summed E-state index contributed by atoms with van der Waals surface area (Å²) in [6.45, 7) is 42.2. The molecule has 0 aliphatic heterocycles. The van der Waals surface area contributed by atoms with E-state index < -0.39 is 0 Å². The molecule has 0 radical (unpaired) electrons. The second-order valence-electron chi connectivity index (χ2n) is 14.9. The molecule has 0 aromatic heterocycles. The zero-order chi connectivity index (χ0) is 29.5. The highest BCUT2D eigenvalue weighted by Crippen LogP contribution is 2.28. The van der Waals surface area contributed by atoms with Crippen LogP contribution in [0.25, 0.3) is 0 Å². The minimum Gasteiger partial charge on any atom is -0.103 e. The molecule has 0 aromatic rings. The van der Waals surface area contributed by atoms with Gasteiger partial charge in [0.15, 0.2) is 0 Å². The van der Waals surface area contributed by atoms with Gasteiger partial charge in [-0.05, 0) is 80.0 Å². The normalized spacial score (nSPS) is 11.5. The Bertz CT molecular complexity index is 470. The largest absolute Gasteiger partial charge is 0.103 e. The quantitative estimate of drug-likeness (QED) is 0.217. The number of hydrogen-bond donors (Lipinski definition) is 0. The third kappa shape index (κ3) is 46.8. The van der Waals surface area contributed by atoms with Gasteiger partial charge in [0.25, 0.3) is 0 Å². The molecule has 0 N–H and O–H groups in total. The molecule has 0 nitrogen and oxygen atoms in total. The van der Waals surface area contributed by atoms with Crippen LogP contribution in [-0.2, 0) is 0 Å². The van der Waals surface area contributed by atoms with E-state index in [0.29, 0.717) is 10.8 Å². The molecule has 0 spiro atoms. The molecular formula is C36H76. The van der Waals surface area contributed by atoms with Crippen LogP contribution in [0.5, 0.6) is 0 Å². The van der Waals surface area contributed by atoms with Crippen molar-refractivity contribution in [2.75, 3.05) is 0 Å². The van der Waals surface area contributed by atoms with Crippen molar-refractivity contribution in [3.63, 3.8) is 0 Å². The Kier molecular flexibility index (Phi) is 29.3. The first-order chi connectivity index (χ1) is 16.2. The van der Waals surface area contributed by atoms with Gasteiger partial charge in [0.1, 0.15) is 0 Å². The molecule has 0 aromatic carbocycles. The van der Waals surface area contributed by atoms with E-state index >= 15 is 0 Å². The van der Waals surface area contributed by atoms with Gasteiger partial charge in [-0.2, -0.15) is 0 Å². The first-order valence-corrected chi connectivity index (χ1v) is 15.5. The fourth-order valence-electron chi connectivity index (χ4n) is 4.02. The maximum atomic E-state index is 3.79. The first kappa shape index (κ1) is 42.6. The molecule has 0 atom stereocenters. The van der Waals surface area contributed by atoms with Crippen LogP contribution in [-0.4, -0.2) is 0 Å². The highest BCUT2D eigenvalue weighted by molar-refractivity contribution is 4.92. The van der Waals surface area contributed by atoms with Crippen LogP contribution in [0.15, 0.2) is 24.3 Å². The van der Waals surface area contributed by atoms with E-state index in [-0.39, 0.29) is 0 Å². The van der Waals surface area contributed by atoms with Crippen LogP contribution in [0.4, 0.5) is 0 Å². The van der Waals surface area contributed by atoms with Gasteiger partial charge in [0.2, 0.25) is 0 Å². The van der Waals surface area contributed by atoms with Gasteiger partial charge < -0.3 is 0 Å². The molecule has 0 bridgehead atoms. The second-order valence-corrected chi connectivity index (χ2v) is 14.9. The van der Waals surface area contributed by atoms with E-state index in [1.807, 2.05) is 6.08 Å². The summed E-state index contributed by atoms with van der Waals surface area (Å²) in [7, 11) is 0. The topological polar surface area (TPSA) is 0 Å². The zero-order valence-corrected chi connectivity index (χ0v) is 28.9. The zero-order valence-electron chi connectivity index (χ0n) is 28.9. The molecule has 0 fully saturated rings. The minimum absolute atomic E-state index is 0.328. The lowest BCUT2D eigenvalue weighted by atomic mass is 9.82. The average molecular weight is 509 g/mol. The Morgan fingerprint density at radius 2 is 1.03 bits per heavy atom. The van der Waals surface area contributed by atoms with E-state index in [1.165, 1.54) is 56.9 Å². The van der Waals surface area contributed by atoms with Crippen molar-refractivity contribution >= 4 is 0 Å². The summed E-state index contributed by atoms with van der Waals surface area (Å²) >= 11 is 0. The highest BCUT2D eigenvalue weighted by atomic mass is 14.2. The second kappa shape index (κ2) is 24.8. The van der Waals surface area contributed by atoms with Crippen LogP contribution in [0.1, 0.15) is 169 Å². The van der Waals surface area contributed by atoms with Crippen LogP contribution in [0.2, 0.25) is 0 Å². The molecule has 36 heavy (non-hydrogen) atoms. The third-order valence-corrected chi connectivity index (χ3v) is 6.26. The summed E-state index contributed by atoms with van der Waals surface area (Å²) in [5, 5.41) is 0. The molecular weight excluding hydrogens is 432 g/mol. The molecule has 0 rings (SSSR count).